The van der Waals surface area contributed by atoms with Crippen molar-refractivity contribution in [3.8, 4) is 0 Å². The van der Waals surface area contributed by atoms with E-state index in [0.717, 1.165) is 13.2 Å². The first-order chi connectivity index (χ1) is 10.5. The molecule has 0 aliphatic rings. The molecule has 3 N–H and O–H groups in total. The standard InChI is InChI=1S/C15H20FNO6/c1-15(2,3)23-14(21)17-10-6-5-8(7-9(10)16)11(18)12(19)13(20)22-4/h5-7,11-12,18-19H,1-4H3,(H,17,21). The van der Waals surface area contributed by atoms with Crippen LogP contribution in [-0.4, -0.2) is 41.1 Å². The number of methoxy groups -OCH3 is 1. The Kier molecular flexibility index (Phi) is 6.05. The first kappa shape index (κ1) is 18.9. The summed E-state index contributed by atoms with van der Waals surface area (Å²) < 4.78 is 23.3. The van der Waals surface area contributed by atoms with Gasteiger partial charge in [-0.25, -0.2) is 14.0 Å². The molecule has 0 spiro atoms. The number of hydrogen-bond donors (Lipinski definition) is 3. The lowest BCUT2D eigenvalue weighted by molar-refractivity contribution is -0.156. The van der Waals surface area contributed by atoms with Crippen LogP contribution in [-0.2, 0) is 14.3 Å². The number of amides is 1. The Morgan fingerprint density at radius 3 is 2.35 bits per heavy atom. The lowest BCUT2D eigenvalue weighted by atomic mass is 10.0. The quantitative estimate of drug-likeness (QED) is 0.727. The molecule has 0 fully saturated rings. The summed E-state index contributed by atoms with van der Waals surface area (Å²) in [6, 6.07) is 3.33. The molecule has 7 nitrogen and oxygen atoms in total. The molecular weight excluding hydrogens is 309 g/mol. The second kappa shape index (κ2) is 7.38. The molecule has 128 valence electrons. The zero-order valence-corrected chi connectivity index (χ0v) is 13.3. The van der Waals surface area contributed by atoms with E-state index in [1.807, 2.05) is 0 Å². The third-order valence-corrected chi connectivity index (χ3v) is 2.71. The van der Waals surface area contributed by atoms with Gasteiger partial charge in [0.2, 0.25) is 0 Å². The van der Waals surface area contributed by atoms with E-state index in [1.165, 1.54) is 12.1 Å². The summed E-state index contributed by atoms with van der Waals surface area (Å²) in [5, 5.41) is 21.6. The van der Waals surface area contributed by atoms with Gasteiger partial charge < -0.3 is 19.7 Å². The van der Waals surface area contributed by atoms with Crippen molar-refractivity contribution in [2.75, 3.05) is 12.4 Å². The molecule has 8 heteroatoms. The van der Waals surface area contributed by atoms with Crippen LogP contribution >= 0.6 is 0 Å². The van der Waals surface area contributed by atoms with Crippen LogP contribution in [0.25, 0.3) is 0 Å². The molecule has 23 heavy (non-hydrogen) atoms. The lowest BCUT2D eigenvalue weighted by Gasteiger charge is -2.20. The fourth-order valence-corrected chi connectivity index (χ4v) is 1.66. The van der Waals surface area contributed by atoms with Crippen LogP contribution in [0, 0.1) is 5.82 Å². The molecule has 2 unspecified atom stereocenters. The van der Waals surface area contributed by atoms with Gasteiger partial charge in [-0.3, -0.25) is 5.32 Å². The van der Waals surface area contributed by atoms with Crippen LogP contribution in [0.4, 0.5) is 14.9 Å². The highest BCUT2D eigenvalue weighted by Crippen LogP contribution is 2.23. The highest BCUT2D eigenvalue weighted by Gasteiger charge is 2.27. The van der Waals surface area contributed by atoms with Gasteiger partial charge in [-0.15, -0.1) is 0 Å². The van der Waals surface area contributed by atoms with Gasteiger partial charge in [0.15, 0.2) is 6.10 Å². The molecule has 0 radical (unpaired) electrons. The number of nitrogens with one attached hydrogen (secondary N) is 1. The van der Waals surface area contributed by atoms with E-state index in [-0.39, 0.29) is 11.3 Å². The van der Waals surface area contributed by atoms with E-state index in [4.69, 9.17) is 4.74 Å². The van der Waals surface area contributed by atoms with Crippen LogP contribution in [0.2, 0.25) is 0 Å². The maximum Gasteiger partial charge on any atom is 0.412 e. The zero-order valence-electron chi connectivity index (χ0n) is 13.3. The van der Waals surface area contributed by atoms with E-state index in [1.54, 1.807) is 20.8 Å². The normalized spacial score (nSPS) is 13.9. The van der Waals surface area contributed by atoms with Crippen molar-refractivity contribution in [1.29, 1.82) is 0 Å². The van der Waals surface area contributed by atoms with Gasteiger partial charge in [0.05, 0.1) is 12.8 Å². The monoisotopic (exact) mass is 329 g/mol. The Hall–Kier alpha value is -2.19. The van der Waals surface area contributed by atoms with E-state index in [9.17, 15) is 24.2 Å². The van der Waals surface area contributed by atoms with Crippen molar-refractivity contribution < 1.29 is 33.7 Å². The Morgan fingerprint density at radius 2 is 1.87 bits per heavy atom. The summed E-state index contributed by atoms with van der Waals surface area (Å²) in [4.78, 5) is 22.7. The summed E-state index contributed by atoms with van der Waals surface area (Å²) in [5.41, 5.74) is -0.945. The second-order valence-corrected chi connectivity index (χ2v) is 5.78. The maximum atomic E-state index is 14.0. The molecule has 0 aliphatic heterocycles. The minimum atomic E-state index is -1.84. The van der Waals surface area contributed by atoms with Gasteiger partial charge in [0, 0.05) is 0 Å². The lowest BCUT2D eigenvalue weighted by Crippen LogP contribution is -2.29. The first-order valence-electron chi connectivity index (χ1n) is 6.78. The topological polar surface area (TPSA) is 105 Å². The minimum Gasteiger partial charge on any atom is -0.467 e. The van der Waals surface area contributed by atoms with E-state index in [0.29, 0.717) is 0 Å². The van der Waals surface area contributed by atoms with Gasteiger partial charge in [-0.1, -0.05) is 6.07 Å². The fraction of sp³-hybridized carbons (Fsp3) is 0.467. The minimum absolute atomic E-state index is 0.0462. The predicted molar refractivity (Wildman–Crippen MR) is 79.2 cm³/mol. The molecular formula is C15H20FNO6. The number of carbonyl (C=O) groups is 2. The van der Waals surface area contributed by atoms with Gasteiger partial charge in [0.25, 0.3) is 0 Å². The number of ether oxygens (including phenoxy) is 2. The Morgan fingerprint density at radius 1 is 1.26 bits per heavy atom. The summed E-state index contributed by atoms with van der Waals surface area (Å²) in [6.07, 6.45) is -4.34. The fourth-order valence-electron chi connectivity index (χ4n) is 1.66. The third-order valence-electron chi connectivity index (χ3n) is 2.71. The molecule has 0 saturated heterocycles. The van der Waals surface area contributed by atoms with Crippen LogP contribution in [0.1, 0.15) is 32.4 Å². The molecule has 1 rings (SSSR count). The van der Waals surface area contributed by atoms with Crippen molar-refractivity contribution in [3.05, 3.63) is 29.6 Å². The average Bonchev–Trinajstić information content (AvgIpc) is 2.45. The van der Waals surface area contributed by atoms with Crippen molar-refractivity contribution in [1.82, 2.24) is 0 Å². The number of hydrogen-bond acceptors (Lipinski definition) is 6. The zero-order chi connectivity index (χ0) is 17.8. The Balaban J connectivity index is 2.86. The van der Waals surface area contributed by atoms with E-state index >= 15 is 0 Å². The van der Waals surface area contributed by atoms with Crippen molar-refractivity contribution in [2.45, 2.75) is 38.6 Å². The SMILES string of the molecule is COC(=O)C(O)C(O)c1ccc(NC(=O)OC(C)(C)C)c(F)c1. The highest BCUT2D eigenvalue weighted by atomic mass is 19.1. The van der Waals surface area contributed by atoms with Crippen LogP contribution < -0.4 is 5.32 Å². The maximum absolute atomic E-state index is 14.0. The molecule has 0 bridgehead atoms. The number of aliphatic hydroxyl groups is 2. The molecule has 0 aromatic heterocycles. The first-order valence-corrected chi connectivity index (χ1v) is 6.78. The van der Waals surface area contributed by atoms with Crippen LogP contribution in [0.15, 0.2) is 18.2 Å². The number of benzene rings is 1. The molecule has 1 aromatic carbocycles. The summed E-state index contributed by atoms with van der Waals surface area (Å²) >= 11 is 0. The third kappa shape index (κ3) is 5.50. The largest absolute Gasteiger partial charge is 0.467 e. The summed E-state index contributed by atoms with van der Waals surface area (Å²) in [6.45, 7) is 4.99. The highest BCUT2D eigenvalue weighted by molar-refractivity contribution is 5.85. The number of carbonyl (C=O) groups excluding carboxylic acids is 2. The van der Waals surface area contributed by atoms with Crippen molar-refractivity contribution in [3.63, 3.8) is 0 Å². The van der Waals surface area contributed by atoms with Crippen LogP contribution in [0.5, 0.6) is 0 Å². The predicted octanol–water partition coefficient (Wildman–Crippen LogP) is 1.74. The number of halogens is 1. The van der Waals surface area contributed by atoms with Gasteiger partial charge in [-0.05, 0) is 38.5 Å². The van der Waals surface area contributed by atoms with Gasteiger partial charge >= 0.3 is 12.1 Å². The number of esters is 1. The Labute approximate surface area is 133 Å². The molecule has 1 amide bonds. The number of rotatable bonds is 4. The molecule has 2 atom stereocenters. The van der Waals surface area contributed by atoms with Crippen LogP contribution in [0.3, 0.4) is 0 Å². The number of anilines is 1. The van der Waals surface area contributed by atoms with Crippen molar-refractivity contribution in [2.24, 2.45) is 0 Å². The van der Waals surface area contributed by atoms with E-state index < -0.39 is 35.7 Å². The second-order valence-electron chi connectivity index (χ2n) is 5.78. The smallest absolute Gasteiger partial charge is 0.412 e. The summed E-state index contributed by atoms with van der Waals surface area (Å²) in [5.74, 6) is -1.90. The van der Waals surface area contributed by atoms with Gasteiger partial charge in [0.1, 0.15) is 17.5 Å². The van der Waals surface area contributed by atoms with E-state index in [2.05, 4.69) is 10.1 Å². The van der Waals surface area contributed by atoms with Crippen molar-refractivity contribution >= 4 is 17.7 Å². The number of aliphatic hydroxyl groups excluding tert-OH is 2. The summed E-state index contributed by atoms with van der Waals surface area (Å²) in [7, 11) is 1.05. The molecule has 1 aromatic rings. The van der Waals surface area contributed by atoms with Gasteiger partial charge in [-0.2, -0.15) is 0 Å². The Bertz CT molecular complexity index is 584. The molecule has 0 saturated carbocycles. The molecule has 0 heterocycles. The molecule has 0 aliphatic carbocycles. The average molecular weight is 329 g/mol.